The summed E-state index contributed by atoms with van der Waals surface area (Å²) in [6.07, 6.45) is 4.16. The first-order chi connectivity index (χ1) is 19.2. The molecule has 5 rings (SSSR count). The van der Waals surface area contributed by atoms with Crippen LogP contribution < -0.4 is 15.4 Å². The Morgan fingerprint density at radius 3 is 2.50 bits per heavy atom. The number of methoxy groups -OCH3 is 1. The number of pyridine rings is 1. The van der Waals surface area contributed by atoms with Crippen LogP contribution in [0.25, 0.3) is 5.70 Å². The predicted molar refractivity (Wildman–Crippen MR) is 160 cm³/mol. The van der Waals surface area contributed by atoms with E-state index in [0.29, 0.717) is 21.8 Å². The number of amides is 1. The largest absolute Gasteiger partial charge is 0.497 e. The third-order valence-electron chi connectivity index (χ3n) is 6.67. The van der Waals surface area contributed by atoms with Gasteiger partial charge in [0.05, 0.1) is 12.7 Å². The number of nitrogens with one attached hydrogen (secondary N) is 2. The second-order valence-electron chi connectivity index (χ2n) is 10.4. The highest BCUT2D eigenvalue weighted by atomic mass is 32.2. The first kappa shape index (κ1) is 27.2. The van der Waals surface area contributed by atoms with Crippen molar-refractivity contribution in [3.05, 3.63) is 119 Å². The van der Waals surface area contributed by atoms with Crippen molar-refractivity contribution in [3.8, 4) is 5.75 Å². The molecule has 202 valence electrons. The van der Waals surface area contributed by atoms with Gasteiger partial charge in [-0.3, -0.25) is 9.59 Å². The molecule has 0 saturated heterocycles. The Balaban J connectivity index is 1.32. The number of carbonyl (C=O) groups excluding carboxylic acids is 2. The number of carbonyl (C=O) groups is 2. The maximum Gasteiger partial charge on any atom is 0.258 e. The first-order valence-electron chi connectivity index (χ1n) is 13.0. The van der Waals surface area contributed by atoms with Crippen LogP contribution in [0, 0.1) is 6.92 Å². The molecule has 0 atom stereocenters. The van der Waals surface area contributed by atoms with Gasteiger partial charge in [-0.2, -0.15) is 0 Å². The molecule has 0 unspecified atom stereocenters. The van der Waals surface area contributed by atoms with Crippen molar-refractivity contribution in [2.45, 2.75) is 42.7 Å². The Labute approximate surface area is 238 Å². The normalized spacial score (nSPS) is 14.7. The lowest BCUT2D eigenvalue weighted by Crippen LogP contribution is -2.43. The van der Waals surface area contributed by atoms with Gasteiger partial charge in [-0.15, -0.1) is 0 Å². The number of hydrogen-bond donors (Lipinski definition) is 2. The molecular weight excluding hydrogens is 518 g/mol. The van der Waals surface area contributed by atoms with Crippen LogP contribution in [0.2, 0.25) is 0 Å². The molecule has 0 saturated carbocycles. The van der Waals surface area contributed by atoms with Crippen LogP contribution in [0.3, 0.4) is 0 Å². The molecule has 0 fully saturated rings. The van der Waals surface area contributed by atoms with E-state index in [-0.39, 0.29) is 17.2 Å². The zero-order valence-electron chi connectivity index (χ0n) is 22.9. The highest BCUT2D eigenvalue weighted by Gasteiger charge is 2.28. The van der Waals surface area contributed by atoms with E-state index in [1.54, 1.807) is 55.8 Å². The molecule has 2 N–H and O–H groups in total. The van der Waals surface area contributed by atoms with Crippen LogP contribution in [0.4, 0.5) is 5.69 Å². The molecular formula is C33H31N3O3S. The Morgan fingerprint density at radius 1 is 1.02 bits per heavy atom. The third-order valence-corrected chi connectivity index (χ3v) is 7.69. The number of aryl methyl sites for hydroxylation is 1. The molecule has 2 heterocycles. The van der Waals surface area contributed by atoms with Crippen LogP contribution >= 0.6 is 11.8 Å². The summed E-state index contributed by atoms with van der Waals surface area (Å²) in [5.74, 6) is 0.353. The molecule has 1 aromatic heterocycles. The maximum absolute atomic E-state index is 13.2. The van der Waals surface area contributed by atoms with Gasteiger partial charge in [0.25, 0.3) is 5.91 Å². The highest BCUT2D eigenvalue weighted by molar-refractivity contribution is 7.99. The highest BCUT2D eigenvalue weighted by Crippen LogP contribution is 2.33. The average Bonchev–Trinajstić information content (AvgIpc) is 2.94. The predicted octanol–water partition coefficient (Wildman–Crippen LogP) is 6.95. The van der Waals surface area contributed by atoms with Crippen molar-refractivity contribution in [3.63, 3.8) is 0 Å². The quantitative estimate of drug-likeness (QED) is 0.192. The topological polar surface area (TPSA) is 80.3 Å². The molecule has 3 aromatic carbocycles. The zero-order valence-corrected chi connectivity index (χ0v) is 23.8. The van der Waals surface area contributed by atoms with E-state index < -0.39 is 0 Å². The molecule has 0 bridgehead atoms. The monoisotopic (exact) mass is 549 g/mol. The van der Waals surface area contributed by atoms with E-state index in [2.05, 4.69) is 35.5 Å². The molecule has 4 aromatic rings. The van der Waals surface area contributed by atoms with Crippen molar-refractivity contribution in [1.29, 1.82) is 0 Å². The molecule has 0 radical (unpaired) electrons. The fourth-order valence-corrected chi connectivity index (χ4v) is 5.53. The lowest BCUT2D eigenvalue weighted by atomic mass is 9.85. The summed E-state index contributed by atoms with van der Waals surface area (Å²) < 4.78 is 5.41. The van der Waals surface area contributed by atoms with Gasteiger partial charge in [0.15, 0.2) is 5.78 Å². The summed E-state index contributed by atoms with van der Waals surface area (Å²) in [6.45, 7) is 6.26. The summed E-state index contributed by atoms with van der Waals surface area (Å²) in [5.41, 5.74) is 5.48. The van der Waals surface area contributed by atoms with E-state index in [1.807, 2.05) is 43.3 Å². The number of aromatic nitrogens is 1. The fraction of sp³-hybridized carbons (Fsp3) is 0.182. The van der Waals surface area contributed by atoms with Gasteiger partial charge in [-0.1, -0.05) is 35.5 Å². The summed E-state index contributed by atoms with van der Waals surface area (Å²) in [7, 11) is 1.63. The van der Waals surface area contributed by atoms with E-state index in [9.17, 15) is 9.59 Å². The Hall–Kier alpha value is -4.36. The van der Waals surface area contributed by atoms with Gasteiger partial charge in [-0.25, -0.2) is 4.98 Å². The lowest BCUT2D eigenvalue weighted by molar-refractivity contribution is 0.102. The van der Waals surface area contributed by atoms with Crippen LogP contribution in [0.1, 0.15) is 51.3 Å². The minimum absolute atomic E-state index is 0.129. The first-order valence-corrected chi connectivity index (χ1v) is 13.8. The number of rotatable bonds is 7. The van der Waals surface area contributed by atoms with E-state index in [0.717, 1.165) is 33.9 Å². The molecule has 1 aliphatic rings. The molecule has 1 amide bonds. The Kier molecular flexibility index (Phi) is 7.76. The number of benzene rings is 3. The second-order valence-corrected chi connectivity index (χ2v) is 11.5. The summed E-state index contributed by atoms with van der Waals surface area (Å²) in [4.78, 5) is 31.8. The summed E-state index contributed by atoms with van der Waals surface area (Å²) in [5, 5.41) is 7.06. The minimum atomic E-state index is -0.261. The fourth-order valence-electron chi connectivity index (χ4n) is 4.65. The number of allylic oxidation sites excluding steroid dienone is 1. The third kappa shape index (κ3) is 6.26. The van der Waals surface area contributed by atoms with Gasteiger partial charge < -0.3 is 15.4 Å². The van der Waals surface area contributed by atoms with Crippen LogP contribution in [-0.4, -0.2) is 29.3 Å². The lowest BCUT2D eigenvalue weighted by Gasteiger charge is -2.35. The van der Waals surface area contributed by atoms with E-state index in [1.165, 1.54) is 17.3 Å². The second kappa shape index (κ2) is 11.4. The van der Waals surface area contributed by atoms with Gasteiger partial charge in [0, 0.05) is 45.2 Å². The zero-order chi connectivity index (χ0) is 28.3. The molecule has 40 heavy (non-hydrogen) atoms. The molecule has 0 aliphatic carbocycles. The van der Waals surface area contributed by atoms with Gasteiger partial charge in [0.2, 0.25) is 0 Å². The van der Waals surface area contributed by atoms with Crippen LogP contribution in [0.5, 0.6) is 5.75 Å². The molecule has 1 aliphatic heterocycles. The van der Waals surface area contributed by atoms with Crippen molar-refractivity contribution >= 4 is 34.8 Å². The van der Waals surface area contributed by atoms with E-state index in [4.69, 9.17) is 4.74 Å². The number of fused-ring (bicyclic) bond motifs is 1. The molecule has 7 heteroatoms. The smallest absolute Gasteiger partial charge is 0.258 e. The number of hydrogen-bond acceptors (Lipinski definition) is 6. The summed E-state index contributed by atoms with van der Waals surface area (Å²) >= 11 is 1.45. The van der Waals surface area contributed by atoms with Crippen molar-refractivity contribution in [1.82, 2.24) is 10.3 Å². The maximum atomic E-state index is 13.2. The van der Waals surface area contributed by atoms with E-state index >= 15 is 0 Å². The van der Waals surface area contributed by atoms with Crippen LogP contribution in [-0.2, 0) is 6.42 Å². The van der Waals surface area contributed by atoms with Gasteiger partial charge in [0.1, 0.15) is 10.8 Å². The number of anilines is 1. The Morgan fingerprint density at radius 2 is 1.77 bits per heavy atom. The van der Waals surface area contributed by atoms with Gasteiger partial charge >= 0.3 is 0 Å². The van der Waals surface area contributed by atoms with Gasteiger partial charge in [-0.05, 0) is 93.4 Å². The number of ether oxygens (including phenoxy) is 1. The summed E-state index contributed by atoms with van der Waals surface area (Å²) in [6, 6.07) is 24.5. The van der Waals surface area contributed by atoms with Crippen molar-refractivity contribution < 1.29 is 14.3 Å². The standard InChI is InChI=1S/C33H31N3O3S/c1-21-7-15-26(16-8-21)40-32-27(6-5-17-34-32)31(38)35-24-12-9-22(10-13-24)30(37)19-29-28-18-25(39-4)14-11-23(28)20-33(2,3)36-29/h5-19,36H,20H2,1-4H3,(H,35,38)/b29-19-. The van der Waals surface area contributed by atoms with Crippen molar-refractivity contribution in [2.24, 2.45) is 0 Å². The Bertz CT molecular complexity index is 1590. The minimum Gasteiger partial charge on any atom is -0.497 e. The molecule has 0 spiro atoms. The van der Waals surface area contributed by atoms with Crippen molar-refractivity contribution in [2.75, 3.05) is 12.4 Å². The average molecular weight is 550 g/mol. The molecule has 6 nitrogen and oxygen atoms in total. The van der Waals surface area contributed by atoms with Crippen LogP contribution in [0.15, 0.2) is 101 Å². The SMILES string of the molecule is COc1ccc2c(c1)/C(=C/C(=O)c1ccc(NC(=O)c3cccnc3Sc3ccc(C)cc3)cc1)NC(C)(C)C2. The number of nitrogens with zero attached hydrogens (tertiary/aromatic N) is 1. The number of ketones is 1.